The van der Waals surface area contributed by atoms with E-state index in [9.17, 15) is 10.1 Å². The zero-order valence-electron chi connectivity index (χ0n) is 10.1. The molecule has 0 heterocycles. The van der Waals surface area contributed by atoms with Crippen molar-refractivity contribution < 1.29 is 4.92 Å². The van der Waals surface area contributed by atoms with Gasteiger partial charge in [0.2, 0.25) is 0 Å². The summed E-state index contributed by atoms with van der Waals surface area (Å²) in [6.45, 7) is 3.77. The van der Waals surface area contributed by atoms with Crippen LogP contribution in [0.4, 0.5) is 11.4 Å². The second kappa shape index (κ2) is 5.90. The SMILES string of the molecule is C#CCC(CC)Nc1cccc([N+](=O)[O-])c1C. The number of nitrogens with zero attached hydrogens (tertiary/aromatic N) is 1. The number of hydrogen-bond acceptors (Lipinski definition) is 3. The van der Waals surface area contributed by atoms with Crippen LogP contribution in [0.3, 0.4) is 0 Å². The molecule has 1 unspecified atom stereocenters. The summed E-state index contributed by atoms with van der Waals surface area (Å²) in [6.07, 6.45) is 6.77. The van der Waals surface area contributed by atoms with Crippen LogP contribution < -0.4 is 5.32 Å². The van der Waals surface area contributed by atoms with Gasteiger partial charge in [0.25, 0.3) is 5.69 Å². The second-order valence-corrected chi connectivity index (χ2v) is 3.86. The van der Waals surface area contributed by atoms with E-state index in [1.165, 1.54) is 6.07 Å². The molecule has 1 N–H and O–H groups in total. The molecule has 1 aromatic rings. The normalized spacial score (nSPS) is 11.6. The van der Waals surface area contributed by atoms with Crippen LogP contribution in [0, 0.1) is 29.4 Å². The fourth-order valence-electron chi connectivity index (χ4n) is 1.64. The van der Waals surface area contributed by atoms with Crippen LogP contribution in [0.5, 0.6) is 0 Å². The molecule has 1 atom stereocenters. The number of benzene rings is 1. The molecule has 0 aliphatic carbocycles. The second-order valence-electron chi connectivity index (χ2n) is 3.86. The number of rotatable bonds is 5. The summed E-state index contributed by atoms with van der Waals surface area (Å²) in [7, 11) is 0. The Morgan fingerprint density at radius 1 is 1.59 bits per heavy atom. The quantitative estimate of drug-likeness (QED) is 0.482. The molecule has 0 aliphatic heterocycles. The van der Waals surface area contributed by atoms with Gasteiger partial charge in [-0.15, -0.1) is 12.3 Å². The predicted octanol–water partition coefficient (Wildman–Crippen LogP) is 3.12. The first kappa shape index (κ1) is 13.0. The lowest BCUT2D eigenvalue weighted by atomic mass is 10.1. The van der Waals surface area contributed by atoms with Crippen LogP contribution in [0.1, 0.15) is 25.3 Å². The Balaban J connectivity index is 2.95. The minimum atomic E-state index is -0.372. The molecule has 0 aromatic heterocycles. The third kappa shape index (κ3) is 3.22. The standard InChI is InChI=1S/C13H16N2O2/c1-4-7-11(5-2)14-12-8-6-9-13(10(12)3)15(16)17/h1,6,8-9,11,14H,5,7H2,2-3H3. The summed E-state index contributed by atoms with van der Waals surface area (Å²) in [5.41, 5.74) is 1.56. The molecule has 1 rings (SSSR count). The topological polar surface area (TPSA) is 55.2 Å². The van der Waals surface area contributed by atoms with Crippen molar-refractivity contribution in [1.82, 2.24) is 0 Å². The van der Waals surface area contributed by atoms with Gasteiger partial charge in [-0.05, 0) is 19.4 Å². The van der Waals surface area contributed by atoms with Crippen LogP contribution in [-0.2, 0) is 0 Å². The molecule has 17 heavy (non-hydrogen) atoms. The van der Waals surface area contributed by atoms with E-state index in [0.717, 1.165) is 12.1 Å². The van der Waals surface area contributed by atoms with E-state index in [4.69, 9.17) is 6.42 Å². The van der Waals surface area contributed by atoms with Gasteiger partial charge >= 0.3 is 0 Å². The number of anilines is 1. The molecule has 4 nitrogen and oxygen atoms in total. The highest BCUT2D eigenvalue weighted by Gasteiger charge is 2.14. The maximum absolute atomic E-state index is 10.8. The summed E-state index contributed by atoms with van der Waals surface area (Å²) in [6, 6.07) is 5.17. The predicted molar refractivity (Wildman–Crippen MR) is 69.0 cm³/mol. The maximum atomic E-state index is 10.8. The Morgan fingerprint density at radius 3 is 2.82 bits per heavy atom. The molecule has 0 bridgehead atoms. The highest BCUT2D eigenvalue weighted by Crippen LogP contribution is 2.26. The minimum Gasteiger partial charge on any atom is -0.381 e. The van der Waals surface area contributed by atoms with Gasteiger partial charge in [0.15, 0.2) is 0 Å². The van der Waals surface area contributed by atoms with Crippen LogP contribution in [0.2, 0.25) is 0 Å². The Bertz CT molecular complexity index is 449. The Labute approximate surface area is 101 Å². The lowest BCUT2D eigenvalue weighted by Gasteiger charge is -2.17. The van der Waals surface area contributed by atoms with Gasteiger partial charge in [0, 0.05) is 29.8 Å². The fraction of sp³-hybridized carbons (Fsp3) is 0.385. The summed E-state index contributed by atoms with van der Waals surface area (Å²) in [4.78, 5) is 10.4. The lowest BCUT2D eigenvalue weighted by Crippen LogP contribution is -2.18. The highest BCUT2D eigenvalue weighted by molar-refractivity contribution is 5.60. The average molecular weight is 232 g/mol. The van der Waals surface area contributed by atoms with Gasteiger partial charge in [-0.3, -0.25) is 10.1 Å². The van der Waals surface area contributed by atoms with Crippen LogP contribution in [0.15, 0.2) is 18.2 Å². The molecule has 0 radical (unpaired) electrons. The van der Waals surface area contributed by atoms with Crippen LogP contribution in [-0.4, -0.2) is 11.0 Å². The first-order valence-corrected chi connectivity index (χ1v) is 5.54. The first-order valence-electron chi connectivity index (χ1n) is 5.54. The van der Waals surface area contributed by atoms with E-state index >= 15 is 0 Å². The van der Waals surface area contributed by atoms with Crippen molar-refractivity contribution in [3.63, 3.8) is 0 Å². The molecule has 0 amide bonds. The maximum Gasteiger partial charge on any atom is 0.274 e. The number of terminal acetylenes is 1. The van der Waals surface area contributed by atoms with Crippen LogP contribution in [0.25, 0.3) is 0 Å². The molecular formula is C13H16N2O2. The zero-order chi connectivity index (χ0) is 12.8. The van der Waals surface area contributed by atoms with Crippen LogP contribution >= 0.6 is 0 Å². The molecular weight excluding hydrogens is 216 g/mol. The van der Waals surface area contributed by atoms with E-state index in [1.54, 1.807) is 13.0 Å². The van der Waals surface area contributed by atoms with Crippen molar-refractivity contribution in [2.24, 2.45) is 0 Å². The molecule has 4 heteroatoms. The zero-order valence-corrected chi connectivity index (χ0v) is 10.1. The van der Waals surface area contributed by atoms with Crippen molar-refractivity contribution in [1.29, 1.82) is 0 Å². The Hall–Kier alpha value is -2.02. The van der Waals surface area contributed by atoms with Gasteiger partial charge in [0.1, 0.15) is 0 Å². The molecule has 0 fully saturated rings. The Kier molecular flexibility index (Phi) is 4.53. The summed E-state index contributed by atoms with van der Waals surface area (Å²) < 4.78 is 0. The van der Waals surface area contributed by atoms with Gasteiger partial charge in [-0.25, -0.2) is 0 Å². The molecule has 0 spiro atoms. The van der Waals surface area contributed by atoms with E-state index < -0.39 is 0 Å². The van der Waals surface area contributed by atoms with E-state index in [0.29, 0.717) is 12.0 Å². The average Bonchev–Trinajstić information content (AvgIpc) is 2.30. The van der Waals surface area contributed by atoms with E-state index in [1.807, 2.05) is 13.0 Å². The largest absolute Gasteiger partial charge is 0.381 e. The number of nitrogens with one attached hydrogen (secondary N) is 1. The number of nitro benzene ring substituents is 1. The van der Waals surface area contributed by atoms with E-state index in [-0.39, 0.29) is 16.7 Å². The first-order chi connectivity index (χ1) is 8.10. The summed E-state index contributed by atoms with van der Waals surface area (Å²) in [5, 5.41) is 14.0. The van der Waals surface area contributed by atoms with Gasteiger partial charge in [-0.2, -0.15) is 0 Å². The molecule has 1 aromatic carbocycles. The molecule has 0 saturated carbocycles. The van der Waals surface area contributed by atoms with Crippen molar-refractivity contribution in [3.8, 4) is 12.3 Å². The van der Waals surface area contributed by atoms with Crippen molar-refractivity contribution in [2.45, 2.75) is 32.7 Å². The minimum absolute atomic E-state index is 0.130. The van der Waals surface area contributed by atoms with Crippen molar-refractivity contribution in [3.05, 3.63) is 33.9 Å². The molecule has 0 saturated heterocycles. The summed E-state index contributed by atoms with van der Waals surface area (Å²) in [5.74, 6) is 2.60. The number of nitro groups is 1. The smallest absolute Gasteiger partial charge is 0.274 e. The highest BCUT2D eigenvalue weighted by atomic mass is 16.6. The third-order valence-electron chi connectivity index (χ3n) is 2.72. The fourth-order valence-corrected chi connectivity index (χ4v) is 1.64. The van der Waals surface area contributed by atoms with Gasteiger partial charge in [-0.1, -0.05) is 13.0 Å². The monoisotopic (exact) mass is 232 g/mol. The van der Waals surface area contributed by atoms with E-state index in [2.05, 4.69) is 11.2 Å². The van der Waals surface area contributed by atoms with Gasteiger partial charge in [0.05, 0.1) is 4.92 Å². The lowest BCUT2D eigenvalue weighted by molar-refractivity contribution is -0.385. The summed E-state index contributed by atoms with van der Waals surface area (Å²) >= 11 is 0. The molecule has 90 valence electrons. The number of hydrogen-bond donors (Lipinski definition) is 1. The van der Waals surface area contributed by atoms with Crippen molar-refractivity contribution >= 4 is 11.4 Å². The Morgan fingerprint density at radius 2 is 2.29 bits per heavy atom. The third-order valence-corrected chi connectivity index (χ3v) is 2.72. The van der Waals surface area contributed by atoms with Crippen molar-refractivity contribution in [2.75, 3.05) is 5.32 Å². The van der Waals surface area contributed by atoms with Gasteiger partial charge < -0.3 is 5.32 Å². The molecule has 0 aliphatic rings.